The summed E-state index contributed by atoms with van der Waals surface area (Å²) in [6, 6.07) is 16.5. The molecule has 1 saturated heterocycles. The van der Waals surface area contributed by atoms with Crippen LogP contribution in [0.25, 0.3) is 11.2 Å². The molecular weight excluding hydrogens is 438 g/mol. The van der Waals surface area contributed by atoms with Gasteiger partial charge in [-0.25, -0.2) is 15.0 Å². The number of carbonyl (C=O) groups excluding carboxylic acids is 1. The maximum Gasteiger partial charge on any atom is 0.247 e. The molecule has 0 bridgehead atoms. The second kappa shape index (κ2) is 10.1. The smallest absolute Gasteiger partial charge is 0.247 e. The second-order valence-electron chi connectivity index (χ2n) is 8.89. The van der Waals surface area contributed by atoms with Crippen molar-refractivity contribution in [3.63, 3.8) is 0 Å². The van der Waals surface area contributed by atoms with Crippen molar-refractivity contribution in [3.05, 3.63) is 90.7 Å². The standard InChI is InChI=1S/C27H29N7O/c1-3-26(35)30-22-6-4-5-21(15-22)18-34-19-29-24-17-28-25(31-27(24)34)16-20-7-9-23(10-8-20)33-13-11-32(2)12-14-33/h3-10,15,17,19H,1,11-14,16,18H2,2H3,(H,30,35). The van der Waals surface area contributed by atoms with Gasteiger partial charge >= 0.3 is 0 Å². The maximum absolute atomic E-state index is 11.6. The lowest BCUT2D eigenvalue weighted by atomic mass is 10.1. The molecule has 0 aliphatic carbocycles. The van der Waals surface area contributed by atoms with Gasteiger partial charge in [-0.1, -0.05) is 30.8 Å². The Hall–Kier alpha value is -4.04. The van der Waals surface area contributed by atoms with Gasteiger partial charge in [0.25, 0.3) is 0 Å². The third kappa shape index (κ3) is 5.38. The number of hydrogen-bond acceptors (Lipinski definition) is 6. The van der Waals surface area contributed by atoms with Gasteiger partial charge in [0, 0.05) is 44.0 Å². The molecule has 1 amide bonds. The number of fused-ring (bicyclic) bond motifs is 1. The first-order valence-corrected chi connectivity index (χ1v) is 11.8. The highest BCUT2D eigenvalue weighted by atomic mass is 16.1. The van der Waals surface area contributed by atoms with E-state index < -0.39 is 0 Å². The van der Waals surface area contributed by atoms with Crippen molar-refractivity contribution in [2.24, 2.45) is 0 Å². The van der Waals surface area contributed by atoms with Crippen molar-refractivity contribution in [1.29, 1.82) is 0 Å². The molecule has 0 unspecified atom stereocenters. The quantitative estimate of drug-likeness (QED) is 0.420. The lowest BCUT2D eigenvalue weighted by Gasteiger charge is -2.34. The average molecular weight is 468 g/mol. The third-order valence-corrected chi connectivity index (χ3v) is 6.31. The number of rotatable bonds is 7. The largest absolute Gasteiger partial charge is 0.369 e. The summed E-state index contributed by atoms with van der Waals surface area (Å²) in [4.78, 5) is 30.2. The van der Waals surface area contributed by atoms with Crippen LogP contribution in [0.5, 0.6) is 0 Å². The summed E-state index contributed by atoms with van der Waals surface area (Å²) in [5.74, 6) is 0.530. The number of aromatic nitrogens is 4. The summed E-state index contributed by atoms with van der Waals surface area (Å²) in [6.07, 6.45) is 5.48. The van der Waals surface area contributed by atoms with E-state index in [-0.39, 0.29) is 5.91 Å². The Morgan fingerprint density at radius 3 is 2.63 bits per heavy atom. The predicted octanol–water partition coefficient (Wildman–Crippen LogP) is 3.34. The number of anilines is 2. The van der Waals surface area contributed by atoms with Crippen molar-refractivity contribution >= 4 is 28.4 Å². The lowest BCUT2D eigenvalue weighted by molar-refractivity contribution is -0.111. The van der Waals surface area contributed by atoms with Gasteiger partial charge in [0.1, 0.15) is 11.3 Å². The zero-order chi connectivity index (χ0) is 24.2. The fraction of sp³-hybridized carbons (Fsp3) is 0.259. The summed E-state index contributed by atoms with van der Waals surface area (Å²) in [6.45, 7) is 8.39. The number of likely N-dealkylation sites (N-methyl/N-ethyl adjacent to an activating group) is 1. The molecule has 1 N–H and O–H groups in total. The van der Waals surface area contributed by atoms with Crippen molar-refractivity contribution < 1.29 is 4.79 Å². The summed E-state index contributed by atoms with van der Waals surface area (Å²) >= 11 is 0. The van der Waals surface area contributed by atoms with E-state index in [9.17, 15) is 4.79 Å². The molecule has 0 radical (unpaired) electrons. The molecule has 3 heterocycles. The molecule has 35 heavy (non-hydrogen) atoms. The minimum absolute atomic E-state index is 0.232. The Balaban J connectivity index is 1.30. The number of imidazole rings is 1. The molecule has 2 aromatic carbocycles. The van der Waals surface area contributed by atoms with E-state index in [0.29, 0.717) is 13.0 Å². The third-order valence-electron chi connectivity index (χ3n) is 6.31. The van der Waals surface area contributed by atoms with Gasteiger partial charge in [0.05, 0.1) is 19.1 Å². The number of amides is 1. The summed E-state index contributed by atoms with van der Waals surface area (Å²) in [5.41, 5.74) is 5.76. The lowest BCUT2D eigenvalue weighted by Crippen LogP contribution is -2.44. The number of nitrogens with one attached hydrogen (secondary N) is 1. The SMILES string of the molecule is C=CC(=O)Nc1cccc(Cn2cnc3cnc(Cc4ccc(N5CCN(C)CC5)cc4)nc32)c1. The molecule has 1 aliphatic rings. The van der Waals surface area contributed by atoms with Crippen molar-refractivity contribution in [2.45, 2.75) is 13.0 Å². The Morgan fingerprint density at radius 2 is 1.86 bits per heavy atom. The zero-order valence-electron chi connectivity index (χ0n) is 19.9. The minimum atomic E-state index is -0.232. The Bertz CT molecular complexity index is 1340. The van der Waals surface area contributed by atoms with E-state index in [2.05, 4.69) is 63.0 Å². The first kappa shape index (κ1) is 22.7. The topological polar surface area (TPSA) is 79.2 Å². The maximum atomic E-state index is 11.6. The molecule has 1 aliphatic heterocycles. The Labute approximate surface area is 204 Å². The fourth-order valence-corrected chi connectivity index (χ4v) is 4.30. The predicted molar refractivity (Wildman–Crippen MR) is 139 cm³/mol. The average Bonchev–Trinajstić information content (AvgIpc) is 3.27. The monoisotopic (exact) mass is 467 g/mol. The molecule has 5 rings (SSSR count). The van der Waals surface area contributed by atoms with Crippen LogP contribution in [-0.2, 0) is 17.8 Å². The number of nitrogens with zero attached hydrogens (tertiary/aromatic N) is 6. The van der Waals surface area contributed by atoms with Gasteiger partial charge in [0.15, 0.2) is 5.65 Å². The van der Waals surface area contributed by atoms with Crippen LogP contribution in [0.2, 0.25) is 0 Å². The van der Waals surface area contributed by atoms with Gasteiger partial charge < -0.3 is 19.7 Å². The number of benzene rings is 2. The highest BCUT2D eigenvalue weighted by Crippen LogP contribution is 2.19. The van der Waals surface area contributed by atoms with E-state index in [1.165, 1.54) is 17.3 Å². The van der Waals surface area contributed by atoms with E-state index in [1.807, 2.05) is 28.8 Å². The van der Waals surface area contributed by atoms with E-state index >= 15 is 0 Å². The number of carbonyl (C=O) groups is 1. The van der Waals surface area contributed by atoms with Crippen LogP contribution < -0.4 is 10.2 Å². The highest BCUT2D eigenvalue weighted by molar-refractivity contribution is 5.98. The summed E-state index contributed by atoms with van der Waals surface area (Å²) in [5, 5.41) is 2.80. The fourth-order valence-electron chi connectivity index (χ4n) is 4.30. The summed E-state index contributed by atoms with van der Waals surface area (Å²) < 4.78 is 2.01. The molecular formula is C27H29N7O. The van der Waals surface area contributed by atoms with Crippen molar-refractivity contribution in [3.8, 4) is 0 Å². The highest BCUT2D eigenvalue weighted by Gasteiger charge is 2.14. The Morgan fingerprint density at radius 1 is 1.06 bits per heavy atom. The molecule has 178 valence electrons. The first-order chi connectivity index (χ1) is 17.1. The number of piperazine rings is 1. The van der Waals surface area contributed by atoms with Crippen molar-refractivity contribution in [1.82, 2.24) is 24.4 Å². The van der Waals surface area contributed by atoms with E-state index in [4.69, 9.17) is 4.98 Å². The molecule has 0 saturated carbocycles. The van der Waals surface area contributed by atoms with Crippen LogP contribution in [0.3, 0.4) is 0 Å². The zero-order valence-corrected chi connectivity index (χ0v) is 19.9. The van der Waals surface area contributed by atoms with Crippen LogP contribution in [-0.4, -0.2) is 63.6 Å². The second-order valence-corrected chi connectivity index (χ2v) is 8.89. The molecule has 2 aromatic heterocycles. The molecule has 0 spiro atoms. The van der Waals surface area contributed by atoms with Gasteiger partial charge in [-0.2, -0.15) is 0 Å². The van der Waals surface area contributed by atoms with Gasteiger partial charge in [-0.05, 0) is 48.5 Å². The molecule has 1 fully saturated rings. The van der Waals surface area contributed by atoms with E-state index in [1.54, 1.807) is 12.5 Å². The summed E-state index contributed by atoms with van der Waals surface area (Å²) in [7, 11) is 2.17. The van der Waals surface area contributed by atoms with E-state index in [0.717, 1.165) is 54.4 Å². The van der Waals surface area contributed by atoms with Crippen LogP contribution in [0.1, 0.15) is 17.0 Å². The van der Waals surface area contributed by atoms with Crippen LogP contribution >= 0.6 is 0 Å². The normalized spacial score (nSPS) is 14.3. The number of hydrogen-bond donors (Lipinski definition) is 1. The molecule has 4 aromatic rings. The minimum Gasteiger partial charge on any atom is -0.369 e. The molecule has 8 nitrogen and oxygen atoms in total. The first-order valence-electron chi connectivity index (χ1n) is 11.8. The van der Waals surface area contributed by atoms with Gasteiger partial charge in [-0.3, -0.25) is 4.79 Å². The van der Waals surface area contributed by atoms with Crippen LogP contribution in [0.4, 0.5) is 11.4 Å². The van der Waals surface area contributed by atoms with Crippen LogP contribution in [0.15, 0.2) is 73.7 Å². The molecule has 0 atom stereocenters. The Kier molecular flexibility index (Phi) is 6.54. The van der Waals surface area contributed by atoms with Gasteiger partial charge in [-0.15, -0.1) is 0 Å². The van der Waals surface area contributed by atoms with Crippen LogP contribution in [0, 0.1) is 0 Å². The van der Waals surface area contributed by atoms with Crippen molar-refractivity contribution in [2.75, 3.05) is 43.4 Å². The van der Waals surface area contributed by atoms with Gasteiger partial charge in [0.2, 0.25) is 5.91 Å². The molecule has 8 heteroatoms.